The first-order chi connectivity index (χ1) is 10.3. The summed E-state index contributed by atoms with van der Waals surface area (Å²) in [5.41, 5.74) is -0.432. The lowest BCUT2D eigenvalue weighted by Crippen LogP contribution is -2.41. The third-order valence-corrected chi connectivity index (χ3v) is 5.39. The van der Waals surface area contributed by atoms with Crippen molar-refractivity contribution in [3.63, 3.8) is 0 Å². The number of rotatable bonds is 3. The quantitative estimate of drug-likeness (QED) is 0.758. The second-order valence-corrected chi connectivity index (χ2v) is 8.98. The Morgan fingerprint density at radius 1 is 1.18 bits per heavy atom. The normalized spacial score (nSPS) is 22.2. The first kappa shape index (κ1) is 17.7. The number of halogens is 1. The molecule has 1 fully saturated rings. The topological polar surface area (TPSA) is 38.3 Å². The van der Waals surface area contributed by atoms with Crippen LogP contribution in [0.5, 0.6) is 0 Å². The molecule has 0 radical (unpaired) electrons. The third kappa shape index (κ3) is 6.21. The van der Waals surface area contributed by atoms with Crippen molar-refractivity contribution in [2.24, 2.45) is 0 Å². The molecular formula is C17H24BrNO2S. The van der Waals surface area contributed by atoms with Gasteiger partial charge in [0.1, 0.15) is 5.60 Å². The first-order valence-electron chi connectivity index (χ1n) is 7.73. The molecule has 0 aromatic heterocycles. The average molecular weight is 386 g/mol. The Morgan fingerprint density at radius 3 is 2.32 bits per heavy atom. The van der Waals surface area contributed by atoms with Crippen LogP contribution in [0.4, 0.5) is 4.79 Å². The standard InChI is InChI=1S/C17H24BrNO2S/c1-17(2,3)21-16(20)19-13-6-10-15(11-7-13)22-14-8-4-12(18)5-9-14/h4-5,8-9,13,15H,6-7,10-11H2,1-3H3,(H,19,20). The smallest absolute Gasteiger partial charge is 0.407 e. The highest BCUT2D eigenvalue weighted by Gasteiger charge is 2.25. The third-order valence-electron chi connectivity index (χ3n) is 3.51. The Hall–Kier alpha value is -0.680. The van der Waals surface area contributed by atoms with E-state index in [4.69, 9.17) is 4.74 Å². The summed E-state index contributed by atoms with van der Waals surface area (Å²) in [6, 6.07) is 8.71. The summed E-state index contributed by atoms with van der Waals surface area (Å²) >= 11 is 5.40. The number of carbonyl (C=O) groups excluding carboxylic acids is 1. The molecule has 1 N–H and O–H groups in total. The highest BCUT2D eigenvalue weighted by atomic mass is 79.9. The first-order valence-corrected chi connectivity index (χ1v) is 9.41. The molecule has 0 bridgehead atoms. The molecule has 0 spiro atoms. The number of ether oxygens (including phenoxy) is 1. The van der Waals surface area contributed by atoms with Crippen molar-refractivity contribution < 1.29 is 9.53 Å². The molecule has 1 aliphatic rings. The van der Waals surface area contributed by atoms with Crippen LogP contribution < -0.4 is 5.32 Å². The second kappa shape index (κ2) is 7.73. The van der Waals surface area contributed by atoms with E-state index in [1.165, 1.54) is 4.90 Å². The van der Waals surface area contributed by atoms with E-state index in [1.807, 2.05) is 32.5 Å². The van der Waals surface area contributed by atoms with Crippen LogP contribution in [0.3, 0.4) is 0 Å². The minimum Gasteiger partial charge on any atom is -0.444 e. The van der Waals surface area contributed by atoms with Gasteiger partial charge in [0.15, 0.2) is 0 Å². The molecule has 1 amide bonds. The van der Waals surface area contributed by atoms with Crippen LogP contribution in [0, 0.1) is 0 Å². The van der Waals surface area contributed by atoms with Gasteiger partial charge >= 0.3 is 6.09 Å². The number of amides is 1. The molecule has 3 nitrogen and oxygen atoms in total. The van der Waals surface area contributed by atoms with E-state index in [-0.39, 0.29) is 12.1 Å². The Morgan fingerprint density at radius 2 is 1.77 bits per heavy atom. The van der Waals surface area contributed by atoms with Crippen molar-refractivity contribution in [2.45, 2.75) is 68.2 Å². The summed E-state index contributed by atoms with van der Waals surface area (Å²) in [5.74, 6) is 0. The molecule has 0 unspecified atom stereocenters. The van der Waals surface area contributed by atoms with Crippen LogP contribution in [0.25, 0.3) is 0 Å². The fourth-order valence-corrected chi connectivity index (χ4v) is 3.96. The monoisotopic (exact) mass is 385 g/mol. The fourth-order valence-electron chi connectivity index (χ4n) is 2.50. The van der Waals surface area contributed by atoms with Crippen LogP contribution in [0.1, 0.15) is 46.5 Å². The molecular weight excluding hydrogens is 362 g/mol. The van der Waals surface area contributed by atoms with E-state index in [2.05, 4.69) is 45.5 Å². The molecule has 1 aromatic rings. The van der Waals surface area contributed by atoms with E-state index in [9.17, 15) is 4.79 Å². The van der Waals surface area contributed by atoms with Crippen molar-refractivity contribution in [3.8, 4) is 0 Å². The summed E-state index contributed by atoms with van der Waals surface area (Å²) in [4.78, 5) is 13.1. The maximum Gasteiger partial charge on any atom is 0.407 e. The molecule has 0 atom stereocenters. The highest BCUT2D eigenvalue weighted by molar-refractivity contribution is 9.10. The minimum atomic E-state index is -0.432. The van der Waals surface area contributed by atoms with E-state index < -0.39 is 5.60 Å². The zero-order valence-corrected chi connectivity index (χ0v) is 15.8. The number of thioether (sulfide) groups is 1. The fraction of sp³-hybridized carbons (Fsp3) is 0.588. The van der Waals surface area contributed by atoms with Gasteiger partial charge in [-0.25, -0.2) is 4.79 Å². The van der Waals surface area contributed by atoms with E-state index >= 15 is 0 Å². The summed E-state index contributed by atoms with van der Waals surface area (Å²) in [5, 5.41) is 3.63. The molecule has 2 rings (SSSR count). The minimum absolute atomic E-state index is 0.247. The van der Waals surface area contributed by atoms with Gasteiger partial charge in [-0.15, -0.1) is 11.8 Å². The van der Waals surface area contributed by atoms with Crippen LogP contribution in [0.15, 0.2) is 33.6 Å². The predicted octanol–water partition coefficient (Wildman–Crippen LogP) is 5.38. The Labute approximate surface area is 145 Å². The van der Waals surface area contributed by atoms with Gasteiger partial charge in [0, 0.05) is 20.7 Å². The largest absolute Gasteiger partial charge is 0.444 e. The molecule has 1 aromatic carbocycles. The van der Waals surface area contributed by atoms with Crippen molar-refractivity contribution in [1.82, 2.24) is 5.32 Å². The number of alkyl carbamates (subject to hydrolysis) is 1. The van der Waals surface area contributed by atoms with Crippen LogP contribution >= 0.6 is 27.7 Å². The van der Waals surface area contributed by atoms with E-state index in [1.54, 1.807) is 0 Å². The molecule has 1 aliphatic carbocycles. The predicted molar refractivity (Wildman–Crippen MR) is 95.4 cm³/mol. The van der Waals surface area contributed by atoms with Crippen LogP contribution in [0.2, 0.25) is 0 Å². The highest BCUT2D eigenvalue weighted by Crippen LogP contribution is 2.34. The number of hydrogen-bond acceptors (Lipinski definition) is 3. The van der Waals surface area contributed by atoms with Gasteiger partial charge < -0.3 is 10.1 Å². The zero-order valence-electron chi connectivity index (χ0n) is 13.4. The lowest BCUT2D eigenvalue weighted by atomic mass is 9.95. The number of nitrogens with one attached hydrogen (secondary N) is 1. The second-order valence-electron chi connectivity index (χ2n) is 6.69. The Balaban J connectivity index is 1.73. The van der Waals surface area contributed by atoms with Gasteiger partial charge in [-0.2, -0.15) is 0 Å². The van der Waals surface area contributed by atoms with Gasteiger partial charge in [-0.3, -0.25) is 0 Å². The maximum atomic E-state index is 11.8. The number of hydrogen-bond donors (Lipinski definition) is 1. The van der Waals surface area contributed by atoms with Gasteiger partial charge in [0.25, 0.3) is 0 Å². The van der Waals surface area contributed by atoms with E-state index in [0.717, 1.165) is 30.2 Å². The molecule has 5 heteroatoms. The molecule has 122 valence electrons. The molecule has 0 aliphatic heterocycles. The SMILES string of the molecule is CC(C)(C)OC(=O)NC1CCC(Sc2ccc(Br)cc2)CC1. The van der Waals surface area contributed by atoms with Gasteiger partial charge in [0.05, 0.1) is 0 Å². The summed E-state index contributed by atoms with van der Waals surface area (Å²) < 4.78 is 6.43. The van der Waals surface area contributed by atoms with Crippen molar-refractivity contribution >= 4 is 33.8 Å². The summed E-state index contributed by atoms with van der Waals surface area (Å²) in [6.45, 7) is 5.66. The lowest BCUT2D eigenvalue weighted by Gasteiger charge is -2.29. The lowest BCUT2D eigenvalue weighted by molar-refractivity contribution is 0.0493. The van der Waals surface area contributed by atoms with Crippen molar-refractivity contribution in [2.75, 3.05) is 0 Å². The number of benzene rings is 1. The summed E-state index contributed by atoms with van der Waals surface area (Å²) in [6.07, 6.45) is 4.00. The van der Waals surface area contributed by atoms with Gasteiger partial charge in [-0.1, -0.05) is 15.9 Å². The Bertz CT molecular complexity index is 490. The van der Waals surface area contributed by atoms with Gasteiger partial charge in [0.2, 0.25) is 0 Å². The molecule has 0 heterocycles. The molecule has 1 saturated carbocycles. The van der Waals surface area contributed by atoms with Crippen LogP contribution in [-0.4, -0.2) is 23.0 Å². The number of carbonyl (C=O) groups is 1. The van der Waals surface area contributed by atoms with E-state index in [0.29, 0.717) is 5.25 Å². The van der Waals surface area contributed by atoms with Crippen molar-refractivity contribution in [3.05, 3.63) is 28.7 Å². The average Bonchev–Trinajstić information content (AvgIpc) is 2.41. The Kier molecular flexibility index (Phi) is 6.21. The maximum absolute atomic E-state index is 11.8. The van der Waals surface area contributed by atoms with Crippen molar-refractivity contribution in [1.29, 1.82) is 0 Å². The van der Waals surface area contributed by atoms with Crippen LogP contribution in [-0.2, 0) is 4.74 Å². The van der Waals surface area contributed by atoms with Gasteiger partial charge in [-0.05, 0) is 70.7 Å². The summed E-state index contributed by atoms with van der Waals surface area (Å²) in [7, 11) is 0. The molecule has 22 heavy (non-hydrogen) atoms. The zero-order chi connectivity index (χ0) is 16.2. The molecule has 0 saturated heterocycles.